The first-order valence-electron chi connectivity index (χ1n) is 6.98. The molecule has 21 heavy (non-hydrogen) atoms. The van der Waals surface area contributed by atoms with Gasteiger partial charge in [0.05, 0.1) is 23.3 Å². The van der Waals surface area contributed by atoms with Gasteiger partial charge in [0.1, 0.15) is 18.2 Å². The zero-order valence-electron chi connectivity index (χ0n) is 11.9. The van der Waals surface area contributed by atoms with Crippen molar-refractivity contribution < 1.29 is 4.74 Å². The number of anilines is 1. The fourth-order valence-corrected chi connectivity index (χ4v) is 2.11. The van der Waals surface area contributed by atoms with Gasteiger partial charge in [0.15, 0.2) is 0 Å². The molecule has 4 heteroatoms. The standard InChI is InChI=1S/C17H17N3O/c1-13-17(20-16-10-6-5-9-15(16)19-13)18-11-12-21-14-7-3-2-4-8-14/h2-10H,11-12H2,1H3,(H,18,20). The van der Waals surface area contributed by atoms with Crippen molar-refractivity contribution in [2.24, 2.45) is 0 Å². The van der Waals surface area contributed by atoms with Crippen molar-refractivity contribution in [3.63, 3.8) is 0 Å². The molecule has 106 valence electrons. The quantitative estimate of drug-likeness (QED) is 0.727. The van der Waals surface area contributed by atoms with Crippen molar-refractivity contribution in [2.75, 3.05) is 18.5 Å². The third kappa shape index (κ3) is 3.28. The zero-order chi connectivity index (χ0) is 14.5. The van der Waals surface area contributed by atoms with Gasteiger partial charge in [-0.15, -0.1) is 0 Å². The second-order valence-electron chi connectivity index (χ2n) is 4.73. The van der Waals surface area contributed by atoms with Crippen LogP contribution in [0.25, 0.3) is 11.0 Å². The number of rotatable bonds is 5. The lowest BCUT2D eigenvalue weighted by Crippen LogP contribution is -2.13. The lowest BCUT2D eigenvalue weighted by atomic mass is 10.3. The molecule has 1 aromatic heterocycles. The maximum Gasteiger partial charge on any atom is 0.148 e. The first-order chi connectivity index (χ1) is 10.3. The minimum absolute atomic E-state index is 0.581. The van der Waals surface area contributed by atoms with Crippen LogP contribution in [-0.2, 0) is 0 Å². The van der Waals surface area contributed by atoms with Crippen LogP contribution >= 0.6 is 0 Å². The van der Waals surface area contributed by atoms with Gasteiger partial charge in [-0.1, -0.05) is 30.3 Å². The van der Waals surface area contributed by atoms with E-state index in [0.717, 1.165) is 28.3 Å². The molecular weight excluding hydrogens is 262 g/mol. The molecule has 0 radical (unpaired) electrons. The van der Waals surface area contributed by atoms with Crippen LogP contribution in [0.1, 0.15) is 5.69 Å². The number of para-hydroxylation sites is 3. The largest absolute Gasteiger partial charge is 0.492 e. The monoisotopic (exact) mass is 279 g/mol. The molecular formula is C17H17N3O. The molecule has 0 fully saturated rings. The summed E-state index contributed by atoms with van der Waals surface area (Å²) in [5.41, 5.74) is 2.71. The van der Waals surface area contributed by atoms with E-state index in [0.29, 0.717) is 13.2 Å². The average Bonchev–Trinajstić information content (AvgIpc) is 2.53. The highest BCUT2D eigenvalue weighted by molar-refractivity contribution is 5.76. The third-order valence-electron chi connectivity index (χ3n) is 3.15. The molecule has 0 aliphatic rings. The van der Waals surface area contributed by atoms with Crippen molar-refractivity contribution in [1.29, 1.82) is 0 Å². The highest BCUT2D eigenvalue weighted by Crippen LogP contribution is 2.15. The smallest absolute Gasteiger partial charge is 0.148 e. The van der Waals surface area contributed by atoms with E-state index >= 15 is 0 Å². The van der Waals surface area contributed by atoms with Gasteiger partial charge in [-0.05, 0) is 31.2 Å². The van der Waals surface area contributed by atoms with Crippen LogP contribution in [0.2, 0.25) is 0 Å². The lowest BCUT2D eigenvalue weighted by Gasteiger charge is -2.10. The Morgan fingerprint density at radius 2 is 1.57 bits per heavy atom. The number of nitrogens with one attached hydrogen (secondary N) is 1. The Bertz CT molecular complexity index is 728. The Balaban J connectivity index is 1.61. The molecule has 0 atom stereocenters. The molecule has 0 amide bonds. The van der Waals surface area contributed by atoms with Crippen molar-refractivity contribution in [3.8, 4) is 5.75 Å². The Morgan fingerprint density at radius 1 is 0.905 bits per heavy atom. The SMILES string of the molecule is Cc1nc2ccccc2nc1NCCOc1ccccc1. The summed E-state index contributed by atoms with van der Waals surface area (Å²) in [5.74, 6) is 1.69. The first kappa shape index (κ1) is 13.4. The Kier molecular flexibility index (Phi) is 3.96. The molecule has 0 bridgehead atoms. The van der Waals surface area contributed by atoms with E-state index in [2.05, 4.69) is 15.3 Å². The van der Waals surface area contributed by atoms with Crippen LogP contribution in [0, 0.1) is 6.92 Å². The molecule has 3 aromatic rings. The molecule has 3 rings (SSSR count). The van der Waals surface area contributed by atoms with Gasteiger partial charge in [0, 0.05) is 0 Å². The molecule has 1 heterocycles. The van der Waals surface area contributed by atoms with Gasteiger partial charge in [-0.3, -0.25) is 0 Å². The Labute approximate surface area is 123 Å². The topological polar surface area (TPSA) is 47.0 Å². The maximum atomic E-state index is 5.64. The number of hydrogen-bond acceptors (Lipinski definition) is 4. The predicted octanol–water partition coefficient (Wildman–Crippen LogP) is 3.43. The summed E-state index contributed by atoms with van der Waals surface area (Å²) in [4.78, 5) is 9.14. The van der Waals surface area contributed by atoms with Crippen LogP contribution in [0.3, 0.4) is 0 Å². The molecule has 0 aliphatic heterocycles. The number of fused-ring (bicyclic) bond motifs is 1. The summed E-state index contributed by atoms with van der Waals surface area (Å²) in [6.07, 6.45) is 0. The van der Waals surface area contributed by atoms with Crippen LogP contribution in [0.4, 0.5) is 5.82 Å². The Hall–Kier alpha value is -2.62. The van der Waals surface area contributed by atoms with Crippen molar-refractivity contribution in [3.05, 3.63) is 60.3 Å². The van der Waals surface area contributed by atoms with E-state index < -0.39 is 0 Å². The van der Waals surface area contributed by atoms with E-state index in [4.69, 9.17) is 4.74 Å². The molecule has 0 saturated carbocycles. The van der Waals surface area contributed by atoms with Gasteiger partial charge in [0.2, 0.25) is 0 Å². The molecule has 4 nitrogen and oxygen atoms in total. The van der Waals surface area contributed by atoms with Crippen LogP contribution in [-0.4, -0.2) is 23.1 Å². The van der Waals surface area contributed by atoms with Gasteiger partial charge in [-0.2, -0.15) is 0 Å². The van der Waals surface area contributed by atoms with Crippen LogP contribution in [0.5, 0.6) is 5.75 Å². The molecule has 0 saturated heterocycles. The molecule has 2 aromatic carbocycles. The summed E-state index contributed by atoms with van der Waals surface area (Å²) >= 11 is 0. The second kappa shape index (κ2) is 6.22. The lowest BCUT2D eigenvalue weighted by molar-refractivity contribution is 0.332. The highest BCUT2D eigenvalue weighted by Gasteiger charge is 2.04. The molecule has 0 aliphatic carbocycles. The highest BCUT2D eigenvalue weighted by atomic mass is 16.5. The van der Waals surface area contributed by atoms with Crippen molar-refractivity contribution in [1.82, 2.24) is 9.97 Å². The normalized spacial score (nSPS) is 10.5. The number of nitrogens with zero attached hydrogens (tertiary/aromatic N) is 2. The maximum absolute atomic E-state index is 5.64. The average molecular weight is 279 g/mol. The fourth-order valence-electron chi connectivity index (χ4n) is 2.11. The summed E-state index contributed by atoms with van der Waals surface area (Å²) in [6, 6.07) is 17.7. The minimum Gasteiger partial charge on any atom is -0.492 e. The molecule has 0 spiro atoms. The van der Waals surface area contributed by atoms with E-state index in [1.54, 1.807) is 0 Å². The van der Waals surface area contributed by atoms with Gasteiger partial charge in [-0.25, -0.2) is 9.97 Å². The summed E-state index contributed by atoms with van der Waals surface area (Å²) in [6.45, 7) is 3.22. The van der Waals surface area contributed by atoms with Gasteiger partial charge in [0.25, 0.3) is 0 Å². The van der Waals surface area contributed by atoms with Crippen molar-refractivity contribution in [2.45, 2.75) is 6.92 Å². The summed E-state index contributed by atoms with van der Waals surface area (Å²) in [5, 5.41) is 3.28. The number of benzene rings is 2. The van der Waals surface area contributed by atoms with Crippen molar-refractivity contribution >= 4 is 16.9 Å². The van der Waals surface area contributed by atoms with E-state index in [1.807, 2.05) is 61.5 Å². The zero-order valence-corrected chi connectivity index (χ0v) is 11.9. The third-order valence-corrected chi connectivity index (χ3v) is 3.15. The van der Waals surface area contributed by atoms with Gasteiger partial charge < -0.3 is 10.1 Å². The van der Waals surface area contributed by atoms with Crippen LogP contribution in [0.15, 0.2) is 54.6 Å². The van der Waals surface area contributed by atoms with E-state index in [9.17, 15) is 0 Å². The number of hydrogen-bond donors (Lipinski definition) is 1. The molecule has 0 unspecified atom stereocenters. The number of ether oxygens (including phenoxy) is 1. The molecule has 1 N–H and O–H groups in total. The minimum atomic E-state index is 0.581. The van der Waals surface area contributed by atoms with Crippen LogP contribution < -0.4 is 10.1 Å². The van der Waals surface area contributed by atoms with E-state index in [1.165, 1.54) is 0 Å². The first-order valence-corrected chi connectivity index (χ1v) is 6.98. The van der Waals surface area contributed by atoms with E-state index in [-0.39, 0.29) is 0 Å². The van der Waals surface area contributed by atoms with Gasteiger partial charge >= 0.3 is 0 Å². The Morgan fingerprint density at radius 3 is 2.33 bits per heavy atom. The second-order valence-corrected chi connectivity index (χ2v) is 4.73. The predicted molar refractivity (Wildman–Crippen MR) is 84.7 cm³/mol. The number of aryl methyl sites for hydroxylation is 1. The number of aromatic nitrogens is 2. The summed E-state index contributed by atoms with van der Waals surface area (Å²) in [7, 11) is 0. The fraction of sp³-hybridized carbons (Fsp3) is 0.176. The summed E-state index contributed by atoms with van der Waals surface area (Å²) < 4.78 is 5.64.